The molecular weight excluding hydrogens is 288 g/mol. The Labute approximate surface area is 134 Å². The summed E-state index contributed by atoms with van der Waals surface area (Å²) in [5.41, 5.74) is 1.85. The zero-order valence-corrected chi connectivity index (χ0v) is 12.6. The van der Waals surface area contributed by atoms with Gasteiger partial charge < -0.3 is 9.47 Å². The van der Waals surface area contributed by atoms with Gasteiger partial charge in [0, 0.05) is 5.39 Å². The molecule has 0 aliphatic heterocycles. The predicted molar refractivity (Wildman–Crippen MR) is 88.2 cm³/mol. The van der Waals surface area contributed by atoms with Crippen molar-refractivity contribution in [1.29, 1.82) is 5.26 Å². The highest BCUT2D eigenvalue weighted by molar-refractivity contribution is 5.78. The Morgan fingerprint density at radius 2 is 1.61 bits per heavy atom. The van der Waals surface area contributed by atoms with Crippen molar-refractivity contribution in [3.63, 3.8) is 0 Å². The summed E-state index contributed by atoms with van der Waals surface area (Å²) in [6.07, 6.45) is 0.381. The van der Waals surface area contributed by atoms with E-state index in [1.54, 1.807) is 0 Å². The van der Waals surface area contributed by atoms with Crippen molar-refractivity contribution in [3.8, 4) is 17.6 Å². The van der Waals surface area contributed by atoms with E-state index in [9.17, 15) is 0 Å². The van der Waals surface area contributed by atoms with Crippen LogP contribution in [0.25, 0.3) is 10.9 Å². The van der Waals surface area contributed by atoms with Gasteiger partial charge in [-0.2, -0.15) is 5.26 Å². The summed E-state index contributed by atoms with van der Waals surface area (Å²) in [5.74, 6) is 1.49. The molecule has 0 radical (unpaired) electrons. The molecule has 0 saturated carbocycles. The standard InChI is InChI=1S/C19H16N2O2/c20-12-3-13-22-17-8-10-18(11-9-17)23-14-16-7-6-15-4-1-2-5-19(15)21-16/h1-2,4-11H,3,13-14H2. The summed E-state index contributed by atoms with van der Waals surface area (Å²) >= 11 is 0. The second-order valence-corrected chi connectivity index (χ2v) is 5.01. The third kappa shape index (κ3) is 3.98. The highest BCUT2D eigenvalue weighted by atomic mass is 16.5. The lowest BCUT2D eigenvalue weighted by Gasteiger charge is -2.08. The molecule has 2 aromatic carbocycles. The minimum Gasteiger partial charge on any atom is -0.493 e. The smallest absolute Gasteiger partial charge is 0.130 e. The van der Waals surface area contributed by atoms with Crippen LogP contribution in [0.2, 0.25) is 0 Å². The van der Waals surface area contributed by atoms with Crippen LogP contribution in [0.5, 0.6) is 11.5 Å². The summed E-state index contributed by atoms with van der Waals surface area (Å²) < 4.78 is 11.2. The number of nitriles is 1. The molecule has 0 atom stereocenters. The van der Waals surface area contributed by atoms with Gasteiger partial charge in [0.25, 0.3) is 0 Å². The molecule has 3 rings (SSSR count). The molecule has 4 nitrogen and oxygen atoms in total. The monoisotopic (exact) mass is 304 g/mol. The maximum Gasteiger partial charge on any atom is 0.130 e. The minimum atomic E-state index is 0.381. The summed E-state index contributed by atoms with van der Waals surface area (Å²) in [6.45, 7) is 0.817. The van der Waals surface area contributed by atoms with E-state index in [-0.39, 0.29) is 0 Å². The SMILES string of the molecule is N#CCCOc1ccc(OCc2ccc3ccccc3n2)cc1. The van der Waals surface area contributed by atoms with E-state index in [4.69, 9.17) is 14.7 Å². The van der Waals surface area contributed by atoms with Crippen LogP contribution in [0.3, 0.4) is 0 Å². The van der Waals surface area contributed by atoms with Crippen LogP contribution in [-0.2, 0) is 6.61 Å². The molecule has 0 spiro atoms. The molecule has 0 aliphatic carbocycles. The van der Waals surface area contributed by atoms with Gasteiger partial charge in [0.05, 0.1) is 23.7 Å². The number of ether oxygens (including phenoxy) is 2. The molecule has 0 N–H and O–H groups in total. The van der Waals surface area contributed by atoms with Gasteiger partial charge in [0.1, 0.15) is 24.7 Å². The molecule has 1 aromatic heterocycles. The van der Waals surface area contributed by atoms with Crippen LogP contribution in [0, 0.1) is 11.3 Å². The number of benzene rings is 2. The van der Waals surface area contributed by atoms with Gasteiger partial charge in [-0.1, -0.05) is 24.3 Å². The van der Waals surface area contributed by atoms with Gasteiger partial charge in [-0.3, -0.25) is 0 Å². The Morgan fingerprint density at radius 1 is 0.870 bits per heavy atom. The van der Waals surface area contributed by atoms with Crippen molar-refractivity contribution in [2.75, 3.05) is 6.61 Å². The molecule has 4 heteroatoms. The van der Waals surface area contributed by atoms with Crippen molar-refractivity contribution in [1.82, 2.24) is 4.98 Å². The van der Waals surface area contributed by atoms with E-state index in [1.807, 2.05) is 66.7 Å². The summed E-state index contributed by atoms with van der Waals surface area (Å²) in [4.78, 5) is 4.58. The molecule has 114 valence electrons. The van der Waals surface area contributed by atoms with Crippen molar-refractivity contribution < 1.29 is 9.47 Å². The minimum absolute atomic E-state index is 0.381. The molecule has 0 unspecified atom stereocenters. The largest absolute Gasteiger partial charge is 0.493 e. The number of hydrogen-bond donors (Lipinski definition) is 0. The molecule has 0 aliphatic rings. The molecule has 0 bridgehead atoms. The number of fused-ring (bicyclic) bond motifs is 1. The zero-order valence-electron chi connectivity index (χ0n) is 12.6. The number of para-hydroxylation sites is 1. The molecule has 3 aromatic rings. The first kappa shape index (κ1) is 14.9. The number of rotatable bonds is 6. The lowest BCUT2D eigenvalue weighted by Crippen LogP contribution is -1.99. The van der Waals surface area contributed by atoms with Gasteiger partial charge in [-0.05, 0) is 36.4 Å². The molecule has 23 heavy (non-hydrogen) atoms. The van der Waals surface area contributed by atoms with Crippen LogP contribution in [0.4, 0.5) is 0 Å². The number of pyridine rings is 1. The molecular formula is C19H16N2O2. The van der Waals surface area contributed by atoms with Crippen LogP contribution >= 0.6 is 0 Å². The first-order valence-electron chi connectivity index (χ1n) is 7.42. The van der Waals surface area contributed by atoms with E-state index in [1.165, 1.54) is 0 Å². The number of hydrogen-bond acceptors (Lipinski definition) is 4. The van der Waals surface area contributed by atoms with E-state index < -0.39 is 0 Å². The van der Waals surface area contributed by atoms with E-state index >= 15 is 0 Å². The highest BCUT2D eigenvalue weighted by Gasteiger charge is 2.01. The van der Waals surface area contributed by atoms with E-state index in [2.05, 4.69) is 4.98 Å². The second kappa shape index (κ2) is 7.28. The molecule has 0 saturated heterocycles. The lowest BCUT2D eigenvalue weighted by atomic mass is 10.2. The Kier molecular flexibility index (Phi) is 4.70. The normalized spacial score (nSPS) is 10.2. The predicted octanol–water partition coefficient (Wildman–Crippen LogP) is 4.11. The Hall–Kier alpha value is -3.06. The van der Waals surface area contributed by atoms with Crippen molar-refractivity contribution in [3.05, 3.63) is 66.4 Å². The third-order valence-corrected chi connectivity index (χ3v) is 3.35. The quantitative estimate of drug-likeness (QED) is 0.643. The number of nitrogens with zero attached hydrogens (tertiary/aromatic N) is 2. The number of aromatic nitrogens is 1. The lowest BCUT2D eigenvalue weighted by molar-refractivity contribution is 0.299. The van der Waals surface area contributed by atoms with Gasteiger partial charge in [-0.15, -0.1) is 0 Å². The summed E-state index contributed by atoms with van der Waals surface area (Å²) in [7, 11) is 0. The fraction of sp³-hybridized carbons (Fsp3) is 0.158. The van der Waals surface area contributed by atoms with Crippen LogP contribution in [0.15, 0.2) is 60.7 Å². The van der Waals surface area contributed by atoms with Crippen LogP contribution < -0.4 is 9.47 Å². The first-order valence-corrected chi connectivity index (χ1v) is 7.42. The van der Waals surface area contributed by atoms with Crippen molar-refractivity contribution >= 4 is 10.9 Å². The fourth-order valence-electron chi connectivity index (χ4n) is 2.19. The van der Waals surface area contributed by atoms with Crippen molar-refractivity contribution in [2.45, 2.75) is 13.0 Å². The molecule has 0 amide bonds. The second-order valence-electron chi connectivity index (χ2n) is 5.01. The summed E-state index contributed by atoms with van der Waals surface area (Å²) in [6, 6.07) is 21.4. The molecule has 1 heterocycles. The average molecular weight is 304 g/mol. The Balaban J connectivity index is 1.59. The average Bonchev–Trinajstić information content (AvgIpc) is 2.61. The van der Waals surface area contributed by atoms with Crippen LogP contribution in [-0.4, -0.2) is 11.6 Å². The van der Waals surface area contributed by atoms with Crippen molar-refractivity contribution in [2.24, 2.45) is 0 Å². The maximum absolute atomic E-state index is 8.48. The van der Waals surface area contributed by atoms with Gasteiger partial charge in [0.2, 0.25) is 0 Å². The Morgan fingerprint density at radius 3 is 2.39 bits per heavy atom. The zero-order chi connectivity index (χ0) is 15.9. The first-order chi connectivity index (χ1) is 11.3. The summed E-state index contributed by atoms with van der Waals surface area (Å²) in [5, 5.41) is 9.60. The van der Waals surface area contributed by atoms with E-state index in [0.717, 1.165) is 28.1 Å². The van der Waals surface area contributed by atoms with Crippen LogP contribution in [0.1, 0.15) is 12.1 Å². The topological polar surface area (TPSA) is 55.1 Å². The Bertz CT molecular complexity index is 823. The van der Waals surface area contributed by atoms with Gasteiger partial charge in [-0.25, -0.2) is 4.98 Å². The third-order valence-electron chi connectivity index (χ3n) is 3.35. The highest BCUT2D eigenvalue weighted by Crippen LogP contribution is 2.19. The van der Waals surface area contributed by atoms with Gasteiger partial charge >= 0.3 is 0 Å². The van der Waals surface area contributed by atoms with Gasteiger partial charge in [0.15, 0.2) is 0 Å². The maximum atomic E-state index is 8.48. The molecule has 0 fully saturated rings. The fourth-order valence-corrected chi connectivity index (χ4v) is 2.19. The van der Waals surface area contributed by atoms with E-state index in [0.29, 0.717) is 19.6 Å².